The number of hydrogen-bond acceptors (Lipinski definition) is 5. The van der Waals surface area contributed by atoms with Crippen molar-refractivity contribution >= 4 is 21.6 Å². The van der Waals surface area contributed by atoms with Gasteiger partial charge in [-0.25, -0.2) is 17.2 Å². The lowest BCUT2D eigenvalue weighted by molar-refractivity contribution is 0.0323. The number of carbonyl (C=O) groups excluding carboxylic acids is 1. The zero-order valence-corrected chi connectivity index (χ0v) is 20.8. The lowest BCUT2D eigenvalue weighted by atomic mass is 10.0. The number of nitrogens with zero attached hydrogens (tertiary/aromatic N) is 1. The molecule has 1 saturated heterocycles. The molecule has 4 rings (SSSR count). The van der Waals surface area contributed by atoms with Crippen molar-refractivity contribution in [3.63, 3.8) is 0 Å². The molecule has 36 heavy (non-hydrogen) atoms. The van der Waals surface area contributed by atoms with Gasteiger partial charge in [0.2, 0.25) is 0 Å². The molecule has 0 spiro atoms. The van der Waals surface area contributed by atoms with Crippen LogP contribution in [0.15, 0.2) is 65.6 Å². The van der Waals surface area contributed by atoms with Crippen LogP contribution >= 0.6 is 0 Å². The first-order chi connectivity index (χ1) is 17.1. The van der Waals surface area contributed by atoms with Crippen molar-refractivity contribution in [1.29, 1.82) is 0 Å². The molecule has 1 aliphatic rings. The van der Waals surface area contributed by atoms with E-state index in [1.54, 1.807) is 4.90 Å². The number of methoxy groups -OCH3 is 1. The second-order valence-corrected chi connectivity index (χ2v) is 10.3. The molecule has 3 aromatic rings. The van der Waals surface area contributed by atoms with Crippen LogP contribution < -0.4 is 9.46 Å². The number of benzene rings is 3. The van der Waals surface area contributed by atoms with E-state index in [-0.39, 0.29) is 24.7 Å². The Balaban J connectivity index is 1.54. The van der Waals surface area contributed by atoms with Crippen LogP contribution in [0.5, 0.6) is 5.75 Å². The fourth-order valence-corrected chi connectivity index (χ4v) is 5.23. The van der Waals surface area contributed by atoms with Crippen molar-refractivity contribution in [2.24, 2.45) is 0 Å². The van der Waals surface area contributed by atoms with E-state index >= 15 is 4.39 Å². The van der Waals surface area contributed by atoms with E-state index in [1.165, 1.54) is 37.4 Å². The van der Waals surface area contributed by atoms with Crippen LogP contribution in [-0.2, 0) is 14.8 Å². The van der Waals surface area contributed by atoms with Crippen LogP contribution in [0.2, 0.25) is 0 Å². The fourth-order valence-electron chi connectivity index (χ4n) is 4.09. The molecule has 0 radical (unpaired) electrons. The van der Waals surface area contributed by atoms with Crippen LogP contribution in [0.1, 0.15) is 21.5 Å². The summed E-state index contributed by atoms with van der Waals surface area (Å²) >= 11 is 0. The monoisotopic (exact) mass is 516 g/mol. The van der Waals surface area contributed by atoms with Crippen LogP contribution in [0.25, 0.3) is 0 Å². The average molecular weight is 517 g/mol. The highest BCUT2D eigenvalue weighted by Crippen LogP contribution is 2.30. The van der Waals surface area contributed by atoms with Gasteiger partial charge in [0.15, 0.2) is 11.6 Å². The lowest BCUT2D eigenvalue weighted by Gasteiger charge is -2.20. The van der Waals surface area contributed by atoms with E-state index in [1.807, 2.05) is 32.0 Å². The maximum Gasteiger partial charge on any atom is 0.264 e. The molecular formula is C26H26F2N2O5S. The van der Waals surface area contributed by atoms with Gasteiger partial charge in [0.1, 0.15) is 22.9 Å². The summed E-state index contributed by atoms with van der Waals surface area (Å²) in [6.07, 6.45) is -1.23. The Morgan fingerprint density at radius 2 is 1.72 bits per heavy atom. The quantitative estimate of drug-likeness (QED) is 0.506. The smallest absolute Gasteiger partial charge is 0.264 e. The van der Waals surface area contributed by atoms with E-state index in [0.717, 1.165) is 23.3 Å². The Hall–Kier alpha value is -3.50. The number of ether oxygens (including phenoxy) is 2. The maximum atomic E-state index is 15.3. The van der Waals surface area contributed by atoms with Gasteiger partial charge in [-0.05, 0) is 49.7 Å². The van der Waals surface area contributed by atoms with Gasteiger partial charge < -0.3 is 14.4 Å². The van der Waals surface area contributed by atoms with Crippen molar-refractivity contribution in [3.8, 4) is 5.75 Å². The average Bonchev–Trinajstić information content (AvgIpc) is 3.25. The van der Waals surface area contributed by atoms with Crippen LogP contribution in [0, 0.1) is 25.5 Å². The van der Waals surface area contributed by atoms with Gasteiger partial charge in [0.05, 0.1) is 18.8 Å². The standard InChI is InChI=1S/C26H26F2N2O5S/c1-16-11-12-17(2)18(13-16)26(31)30-14-22(34-3)23(15-30)35-21-9-6-8-20(25(21)28)29-36(32,33)24-10-5-4-7-19(24)27/h4-13,22-23,29H,14-15H2,1-3H3/t22-,23-/m1/s1. The summed E-state index contributed by atoms with van der Waals surface area (Å²) in [5.74, 6) is -2.33. The molecule has 1 heterocycles. The third-order valence-electron chi connectivity index (χ3n) is 6.04. The first-order valence-electron chi connectivity index (χ1n) is 11.2. The number of amides is 1. The van der Waals surface area contributed by atoms with Crippen molar-refractivity contribution in [2.75, 3.05) is 24.9 Å². The van der Waals surface area contributed by atoms with Gasteiger partial charge in [0, 0.05) is 12.7 Å². The van der Waals surface area contributed by atoms with Crippen LogP contribution in [0.4, 0.5) is 14.5 Å². The lowest BCUT2D eigenvalue weighted by Crippen LogP contribution is -2.32. The predicted octanol–water partition coefficient (Wildman–Crippen LogP) is 4.30. The molecule has 1 N–H and O–H groups in total. The first-order valence-corrected chi connectivity index (χ1v) is 12.7. The number of rotatable bonds is 7. The van der Waals surface area contributed by atoms with Crippen molar-refractivity contribution in [2.45, 2.75) is 31.0 Å². The molecule has 0 bridgehead atoms. The summed E-state index contributed by atoms with van der Waals surface area (Å²) in [5.41, 5.74) is 1.97. The zero-order valence-electron chi connectivity index (χ0n) is 20.0. The first kappa shape index (κ1) is 25.6. The van der Waals surface area contributed by atoms with Crippen molar-refractivity contribution in [3.05, 3.63) is 89.0 Å². The molecular weight excluding hydrogens is 490 g/mol. The number of anilines is 1. The predicted molar refractivity (Wildman–Crippen MR) is 131 cm³/mol. The Kier molecular flexibility index (Phi) is 7.28. The van der Waals surface area contributed by atoms with Gasteiger partial charge in [-0.1, -0.05) is 35.9 Å². The molecule has 2 atom stereocenters. The summed E-state index contributed by atoms with van der Waals surface area (Å²) < 4.78 is 67.9. The third-order valence-corrected chi connectivity index (χ3v) is 7.44. The minimum Gasteiger partial charge on any atom is -0.483 e. The third kappa shape index (κ3) is 5.19. The molecule has 190 valence electrons. The van der Waals surface area contributed by atoms with E-state index in [0.29, 0.717) is 5.56 Å². The summed E-state index contributed by atoms with van der Waals surface area (Å²) in [6.45, 7) is 4.15. The number of carbonyl (C=O) groups is 1. The van der Waals surface area contributed by atoms with Crippen LogP contribution in [0.3, 0.4) is 0 Å². The maximum absolute atomic E-state index is 15.3. The van der Waals surface area contributed by atoms with Crippen molar-refractivity contribution in [1.82, 2.24) is 4.90 Å². The molecule has 0 aromatic heterocycles. The van der Waals surface area contributed by atoms with E-state index in [4.69, 9.17) is 9.47 Å². The molecule has 7 nitrogen and oxygen atoms in total. The second kappa shape index (κ2) is 10.2. The van der Waals surface area contributed by atoms with Gasteiger partial charge in [-0.15, -0.1) is 0 Å². The highest BCUT2D eigenvalue weighted by molar-refractivity contribution is 7.92. The Bertz CT molecular complexity index is 1400. The number of aryl methyl sites for hydroxylation is 2. The Morgan fingerprint density at radius 1 is 1.00 bits per heavy atom. The summed E-state index contributed by atoms with van der Waals surface area (Å²) in [4.78, 5) is 14.1. The largest absolute Gasteiger partial charge is 0.483 e. The molecule has 1 fully saturated rings. The van der Waals surface area contributed by atoms with Gasteiger partial charge >= 0.3 is 0 Å². The fraction of sp³-hybridized carbons (Fsp3) is 0.269. The Morgan fingerprint density at radius 3 is 2.44 bits per heavy atom. The summed E-state index contributed by atoms with van der Waals surface area (Å²) in [7, 11) is -2.91. The number of likely N-dealkylation sites (tertiary alicyclic amines) is 1. The number of nitrogens with one attached hydrogen (secondary N) is 1. The SMILES string of the molecule is CO[C@@H]1CN(C(=O)c2cc(C)ccc2C)C[C@H]1Oc1cccc(NS(=O)(=O)c2ccccc2F)c1F. The van der Waals surface area contributed by atoms with Gasteiger partial charge in [-0.3, -0.25) is 9.52 Å². The topological polar surface area (TPSA) is 84.9 Å². The van der Waals surface area contributed by atoms with E-state index in [9.17, 15) is 17.6 Å². The van der Waals surface area contributed by atoms with Gasteiger partial charge in [-0.2, -0.15) is 0 Å². The molecule has 0 saturated carbocycles. The molecule has 3 aromatic carbocycles. The van der Waals surface area contributed by atoms with Crippen molar-refractivity contribution < 1.29 is 31.5 Å². The Labute approximate surface area is 208 Å². The number of sulfonamides is 1. The number of hydrogen-bond donors (Lipinski definition) is 1. The molecule has 0 aliphatic carbocycles. The molecule has 10 heteroatoms. The minimum atomic E-state index is -4.38. The van der Waals surface area contributed by atoms with Crippen LogP contribution in [-0.4, -0.2) is 51.6 Å². The normalized spacial score (nSPS) is 17.8. The minimum absolute atomic E-state index is 0.148. The number of halogens is 2. The zero-order chi connectivity index (χ0) is 26.0. The van der Waals surface area contributed by atoms with E-state index in [2.05, 4.69) is 4.72 Å². The second-order valence-electron chi connectivity index (χ2n) is 8.61. The molecule has 1 amide bonds. The summed E-state index contributed by atoms with van der Waals surface area (Å²) in [6, 6.07) is 14.4. The van der Waals surface area contributed by atoms with Gasteiger partial charge in [0.25, 0.3) is 15.9 Å². The van der Waals surface area contributed by atoms with E-state index < -0.39 is 44.4 Å². The summed E-state index contributed by atoms with van der Waals surface area (Å²) in [5, 5.41) is 0. The highest BCUT2D eigenvalue weighted by atomic mass is 32.2. The molecule has 0 unspecified atom stereocenters. The molecule has 1 aliphatic heterocycles. The highest BCUT2D eigenvalue weighted by Gasteiger charge is 2.38.